The fourth-order valence-electron chi connectivity index (χ4n) is 7.35. The van der Waals surface area contributed by atoms with Gasteiger partial charge >= 0.3 is 6.18 Å². The van der Waals surface area contributed by atoms with Crippen molar-refractivity contribution in [1.29, 1.82) is 5.26 Å². The van der Waals surface area contributed by atoms with Gasteiger partial charge in [-0.1, -0.05) is 0 Å². The first kappa shape index (κ1) is 39.4. The van der Waals surface area contributed by atoms with Crippen LogP contribution in [0.3, 0.4) is 0 Å². The minimum Gasteiger partial charge on any atom is -0.496 e. The van der Waals surface area contributed by atoms with Crippen molar-refractivity contribution in [3.8, 4) is 17.6 Å². The van der Waals surface area contributed by atoms with Crippen molar-refractivity contribution in [3.63, 3.8) is 0 Å². The van der Waals surface area contributed by atoms with Gasteiger partial charge in [-0.25, -0.2) is 9.97 Å². The number of piperazine rings is 1. The molecule has 1 unspecified atom stereocenters. The molecule has 0 radical (unpaired) electrons. The molecule has 3 aromatic rings. The number of carbonyl (C=O) groups is 3. The summed E-state index contributed by atoms with van der Waals surface area (Å²) < 4.78 is 51.8. The van der Waals surface area contributed by atoms with Gasteiger partial charge in [0.2, 0.25) is 11.8 Å². The Labute approximate surface area is 319 Å². The molecule has 294 valence electrons. The van der Waals surface area contributed by atoms with E-state index >= 15 is 0 Å². The minimum absolute atomic E-state index is 0. The van der Waals surface area contributed by atoms with Gasteiger partial charge < -0.3 is 24.6 Å². The van der Waals surface area contributed by atoms with Gasteiger partial charge in [0.25, 0.3) is 0 Å². The van der Waals surface area contributed by atoms with E-state index in [1.807, 2.05) is 17.0 Å². The molecule has 0 bridgehead atoms. The van der Waals surface area contributed by atoms with Crippen molar-refractivity contribution < 1.29 is 38.5 Å². The maximum atomic E-state index is 13.4. The molecule has 3 aliphatic rings. The van der Waals surface area contributed by atoms with Gasteiger partial charge in [0.05, 0.1) is 54.9 Å². The molecule has 2 aromatic carbocycles. The van der Waals surface area contributed by atoms with Gasteiger partial charge in [0.1, 0.15) is 11.6 Å². The second-order valence-electron chi connectivity index (χ2n) is 14.0. The third-order valence-corrected chi connectivity index (χ3v) is 10.5. The molecule has 1 aromatic heterocycles. The molecular weight excluding hydrogens is 717 g/mol. The average molecular weight is 765 g/mol. The van der Waals surface area contributed by atoms with Crippen molar-refractivity contribution >= 4 is 29.5 Å². The Hall–Kier alpha value is -5.27. The van der Waals surface area contributed by atoms with Crippen LogP contribution in [0.25, 0.3) is 0 Å². The van der Waals surface area contributed by atoms with Gasteiger partial charge in [0, 0.05) is 77.0 Å². The molecule has 3 aliphatic heterocycles. The first-order valence-corrected chi connectivity index (χ1v) is 18.6. The lowest BCUT2D eigenvalue weighted by Crippen LogP contribution is -2.50. The van der Waals surface area contributed by atoms with Crippen molar-refractivity contribution in [2.75, 3.05) is 69.3 Å². The topological polar surface area (TPSA) is 153 Å². The third kappa shape index (κ3) is 9.89. The van der Waals surface area contributed by atoms with Crippen LogP contribution >= 0.6 is 0 Å². The summed E-state index contributed by atoms with van der Waals surface area (Å²) in [7, 11) is 1.53. The zero-order chi connectivity index (χ0) is 39.0. The quantitative estimate of drug-likeness (QED) is 0.133. The van der Waals surface area contributed by atoms with E-state index in [-0.39, 0.29) is 37.7 Å². The largest absolute Gasteiger partial charge is 0.496 e. The van der Waals surface area contributed by atoms with E-state index in [2.05, 4.69) is 30.4 Å². The number of hydrogen-bond acceptors (Lipinski definition) is 12. The minimum atomic E-state index is -4.59. The number of benzene rings is 2. The number of hydrogen-bond donors (Lipinski definition) is 2. The molecule has 2 N–H and O–H groups in total. The lowest BCUT2D eigenvalue weighted by Gasteiger charge is -2.36. The van der Waals surface area contributed by atoms with Gasteiger partial charge in [-0.15, -0.1) is 0 Å². The smallest absolute Gasteiger partial charge is 0.417 e. The number of aldehydes is 1. The Bertz CT molecular complexity index is 1880. The highest BCUT2D eigenvalue weighted by molar-refractivity contribution is 6.00. The number of aromatic nitrogens is 2. The molecule has 3 saturated heterocycles. The fraction of sp³-hybridized carbons (Fsp3) is 0.487. The number of nitrogens with one attached hydrogen (secondary N) is 2. The summed E-state index contributed by atoms with van der Waals surface area (Å²) in [5.41, 5.74) is 1.27. The highest BCUT2D eigenvalue weighted by atomic mass is 19.4. The van der Waals surface area contributed by atoms with Gasteiger partial charge in [-0.2, -0.15) is 18.4 Å². The Balaban J connectivity index is 0.00000600. The normalized spacial score (nSPS) is 18.5. The number of amides is 2. The SMILES string of the molecule is COc1cc(N2CCN(CCCCOc3cnc(C4CCN(c5ccc(C#N)c(C(F)(F)F)c5)CC4)nc3)CC2)cc(CNC2CCC(=O)NC2=O)c1C=O.[HH]. The number of imide groups is 1. The summed E-state index contributed by atoms with van der Waals surface area (Å²) in [6, 6.07) is 8.82. The summed E-state index contributed by atoms with van der Waals surface area (Å²) >= 11 is 0. The summed E-state index contributed by atoms with van der Waals surface area (Å²) in [6.45, 7) is 6.21. The van der Waals surface area contributed by atoms with Gasteiger partial charge in [0.15, 0.2) is 12.0 Å². The van der Waals surface area contributed by atoms with Crippen LogP contribution in [-0.2, 0) is 22.3 Å². The van der Waals surface area contributed by atoms with Gasteiger partial charge in [-0.3, -0.25) is 24.6 Å². The van der Waals surface area contributed by atoms with Crippen LogP contribution in [0, 0.1) is 11.3 Å². The second kappa shape index (κ2) is 17.9. The molecule has 6 rings (SSSR count). The predicted octanol–water partition coefficient (Wildman–Crippen LogP) is 4.69. The maximum absolute atomic E-state index is 13.4. The monoisotopic (exact) mass is 764 g/mol. The molecule has 4 heterocycles. The van der Waals surface area contributed by atoms with E-state index in [1.165, 1.54) is 13.2 Å². The zero-order valence-electron chi connectivity index (χ0n) is 30.7. The standard InChI is InChI=1S/C39H45F3N8O5.H2/c1-54-35-20-30(18-28(32(35)25-51)22-44-34-6-7-36(52)47-38(34)53)50-15-13-48(14-16-50)10-2-3-17-55-31-23-45-37(46-24-31)26-8-11-49(12-9-26)29-5-4-27(21-43)33(19-29)39(40,41)42;/h4-5,18-20,23-26,34,44H,2-3,6-17,22H2,1H3,(H,47,52,53);1H. The Morgan fingerprint density at radius 1 is 1.00 bits per heavy atom. The molecule has 1 atom stereocenters. The van der Waals surface area contributed by atoms with Crippen molar-refractivity contribution in [1.82, 2.24) is 25.5 Å². The third-order valence-electron chi connectivity index (χ3n) is 10.5. The highest BCUT2D eigenvalue weighted by Gasteiger charge is 2.35. The van der Waals surface area contributed by atoms with E-state index in [0.29, 0.717) is 67.5 Å². The average Bonchev–Trinajstić information content (AvgIpc) is 3.20. The summed E-state index contributed by atoms with van der Waals surface area (Å²) in [5.74, 6) is 1.22. The number of ether oxygens (including phenoxy) is 2. The number of anilines is 2. The van der Waals surface area contributed by atoms with E-state index in [1.54, 1.807) is 24.5 Å². The fourth-order valence-corrected chi connectivity index (χ4v) is 7.35. The molecule has 55 heavy (non-hydrogen) atoms. The molecule has 2 amide bonds. The Morgan fingerprint density at radius 2 is 1.73 bits per heavy atom. The van der Waals surface area contributed by atoms with Crippen LogP contribution in [-0.4, -0.2) is 98.5 Å². The number of methoxy groups -OCH3 is 1. The van der Waals surface area contributed by atoms with Gasteiger partial charge in [-0.05, 0) is 68.5 Å². The molecule has 0 spiro atoms. The number of nitrogens with zero attached hydrogens (tertiary/aromatic N) is 6. The first-order valence-electron chi connectivity index (χ1n) is 18.6. The Kier molecular flexibility index (Phi) is 12.8. The van der Waals surface area contributed by atoms with Crippen molar-refractivity contribution in [3.05, 3.63) is 70.8 Å². The van der Waals surface area contributed by atoms with Crippen LogP contribution in [0.4, 0.5) is 24.5 Å². The summed E-state index contributed by atoms with van der Waals surface area (Å²) in [6.07, 6.45) is 3.42. The zero-order valence-corrected chi connectivity index (χ0v) is 30.7. The van der Waals surface area contributed by atoms with Crippen LogP contribution < -0.4 is 29.9 Å². The first-order chi connectivity index (χ1) is 26.6. The molecular formula is C39H47F3N8O5. The number of unbranched alkanes of at least 4 members (excludes halogenated alkanes) is 1. The number of rotatable bonds is 14. The molecule has 0 aliphatic carbocycles. The lowest BCUT2D eigenvalue weighted by molar-refractivity contribution is -0.138. The number of halogens is 3. The summed E-state index contributed by atoms with van der Waals surface area (Å²) in [4.78, 5) is 51.4. The second-order valence-corrected chi connectivity index (χ2v) is 14.0. The van der Waals surface area contributed by atoms with E-state index in [0.717, 1.165) is 69.2 Å². The van der Waals surface area contributed by atoms with E-state index < -0.39 is 17.8 Å². The number of carbonyl (C=O) groups excluding carboxylic acids is 3. The maximum Gasteiger partial charge on any atom is 0.417 e. The number of nitriles is 1. The molecule has 13 nitrogen and oxygen atoms in total. The lowest BCUT2D eigenvalue weighted by atomic mass is 9.95. The number of alkyl halides is 3. The van der Waals surface area contributed by atoms with E-state index in [9.17, 15) is 27.6 Å². The predicted molar refractivity (Wildman–Crippen MR) is 199 cm³/mol. The van der Waals surface area contributed by atoms with Crippen LogP contribution in [0.2, 0.25) is 0 Å². The summed E-state index contributed by atoms with van der Waals surface area (Å²) in [5, 5.41) is 14.6. The van der Waals surface area contributed by atoms with E-state index in [4.69, 9.17) is 14.7 Å². The van der Waals surface area contributed by atoms with Crippen LogP contribution in [0.15, 0.2) is 42.7 Å². The van der Waals surface area contributed by atoms with Crippen molar-refractivity contribution in [2.24, 2.45) is 0 Å². The number of piperidine rings is 2. The highest BCUT2D eigenvalue weighted by Crippen LogP contribution is 2.36. The van der Waals surface area contributed by atoms with Crippen LogP contribution in [0.1, 0.15) is 78.7 Å². The van der Waals surface area contributed by atoms with Crippen molar-refractivity contribution in [2.45, 2.75) is 63.2 Å². The molecule has 16 heteroatoms. The molecule has 0 saturated carbocycles. The Morgan fingerprint density at radius 3 is 2.38 bits per heavy atom. The van der Waals surface area contributed by atoms with Crippen LogP contribution in [0.5, 0.6) is 11.5 Å². The molecule has 3 fully saturated rings.